The molecule has 4 rings (SSSR count). The van der Waals surface area contributed by atoms with Crippen molar-refractivity contribution in [3.8, 4) is 5.75 Å². The lowest BCUT2D eigenvalue weighted by atomic mass is 10.2. The second-order valence-corrected chi connectivity index (χ2v) is 9.80. The standard InChI is InChI=1S/C24H20N2O4S2/c1-17-8-14-21(15-9-17)32(28,29)26-23(27)22(16-18-10-12-20(30-2)13-11-18)31-24(26)25-19-6-4-3-5-7-19/h3-16H,1-2H3. The number of aryl methyl sites for hydroxylation is 1. The summed E-state index contributed by atoms with van der Waals surface area (Å²) >= 11 is 1.03. The zero-order valence-corrected chi connectivity index (χ0v) is 19.1. The van der Waals surface area contributed by atoms with Crippen molar-refractivity contribution in [2.24, 2.45) is 4.99 Å². The molecular weight excluding hydrogens is 444 g/mol. The molecule has 0 saturated carbocycles. The van der Waals surface area contributed by atoms with Crippen LogP contribution in [0.5, 0.6) is 5.75 Å². The highest BCUT2D eigenvalue weighted by atomic mass is 32.2. The van der Waals surface area contributed by atoms with Crippen LogP contribution >= 0.6 is 11.8 Å². The summed E-state index contributed by atoms with van der Waals surface area (Å²) in [5, 5.41) is 0.0848. The number of hydrogen-bond donors (Lipinski definition) is 0. The van der Waals surface area contributed by atoms with Crippen molar-refractivity contribution in [2.75, 3.05) is 7.11 Å². The first-order chi connectivity index (χ1) is 15.4. The minimum atomic E-state index is -4.14. The van der Waals surface area contributed by atoms with Gasteiger partial charge in [-0.3, -0.25) is 4.79 Å². The van der Waals surface area contributed by atoms with E-state index >= 15 is 0 Å². The van der Waals surface area contributed by atoms with E-state index < -0.39 is 15.9 Å². The van der Waals surface area contributed by atoms with Crippen LogP contribution in [0.15, 0.2) is 93.7 Å². The third kappa shape index (κ3) is 4.46. The number of sulfonamides is 1. The maximum atomic E-state index is 13.4. The van der Waals surface area contributed by atoms with Gasteiger partial charge in [-0.05, 0) is 66.7 Å². The molecule has 6 nitrogen and oxygen atoms in total. The van der Waals surface area contributed by atoms with Gasteiger partial charge in [0, 0.05) is 0 Å². The van der Waals surface area contributed by atoms with Gasteiger partial charge in [0.15, 0.2) is 5.17 Å². The number of methoxy groups -OCH3 is 1. The average molecular weight is 465 g/mol. The molecule has 0 unspecified atom stereocenters. The summed E-state index contributed by atoms with van der Waals surface area (Å²) in [6.07, 6.45) is 1.65. The predicted molar refractivity (Wildman–Crippen MR) is 127 cm³/mol. The highest BCUT2D eigenvalue weighted by Gasteiger charge is 2.42. The van der Waals surface area contributed by atoms with Crippen LogP contribution in [0.3, 0.4) is 0 Å². The number of rotatable bonds is 5. The molecule has 8 heteroatoms. The van der Waals surface area contributed by atoms with Crippen molar-refractivity contribution >= 4 is 44.6 Å². The zero-order chi connectivity index (χ0) is 22.7. The molecule has 1 fully saturated rings. The largest absolute Gasteiger partial charge is 0.497 e. The van der Waals surface area contributed by atoms with Crippen LogP contribution in [0.2, 0.25) is 0 Å². The molecule has 1 aliphatic heterocycles. The number of amidine groups is 1. The van der Waals surface area contributed by atoms with Crippen LogP contribution in [0.25, 0.3) is 6.08 Å². The highest BCUT2D eigenvalue weighted by Crippen LogP contribution is 2.37. The molecule has 0 radical (unpaired) electrons. The topological polar surface area (TPSA) is 76.0 Å². The molecule has 0 N–H and O–H groups in total. The molecule has 3 aromatic carbocycles. The van der Waals surface area contributed by atoms with Crippen LogP contribution in [0.1, 0.15) is 11.1 Å². The molecule has 0 bridgehead atoms. The van der Waals surface area contributed by atoms with Crippen LogP contribution in [-0.4, -0.2) is 30.9 Å². The molecular formula is C24H20N2O4S2. The van der Waals surface area contributed by atoms with Crippen molar-refractivity contribution in [1.82, 2.24) is 4.31 Å². The summed E-state index contributed by atoms with van der Waals surface area (Å²) in [7, 11) is -2.57. The van der Waals surface area contributed by atoms with E-state index in [4.69, 9.17) is 4.74 Å². The Kier molecular flexibility index (Phi) is 6.16. The normalized spacial score (nSPS) is 16.7. The van der Waals surface area contributed by atoms with Crippen LogP contribution < -0.4 is 4.74 Å². The first-order valence-electron chi connectivity index (χ1n) is 9.72. The number of thioether (sulfide) groups is 1. The molecule has 0 atom stereocenters. The lowest BCUT2D eigenvalue weighted by molar-refractivity contribution is -0.119. The average Bonchev–Trinajstić information content (AvgIpc) is 3.10. The number of carbonyl (C=O) groups is 1. The van der Waals surface area contributed by atoms with Gasteiger partial charge in [0.2, 0.25) is 0 Å². The quantitative estimate of drug-likeness (QED) is 0.497. The summed E-state index contributed by atoms with van der Waals surface area (Å²) in [5.41, 5.74) is 2.22. The monoisotopic (exact) mass is 464 g/mol. The van der Waals surface area contributed by atoms with E-state index in [9.17, 15) is 13.2 Å². The van der Waals surface area contributed by atoms with E-state index in [2.05, 4.69) is 4.99 Å². The number of hydrogen-bond acceptors (Lipinski definition) is 6. The van der Waals surface area contributed by atoms with E-state index in [-0.39, 0.29) is 15.0 Å². The fourth-order valence-corrected chi connectivity index (χ4v) is 5.63. The number of amides is 1. The van der Waals surface area contributed by atoms with Gasteiger partial charge >= 0.3 is 0 Å². The Balaban J connectivity index is 1.79. The molecule has 1 saturated heterocycles. The van der Waals surface area contributed by atoms with E-state index in [1.807, 2.05) is 13.0 Å². The Morgan fingerprint density at radius 1 is 0.938 bits per heavy atom. The minimum absolute atomic E-state index is 0.0310. The number of carbonyl (C=O) groups excluding carboxylic acids is 1. The number of benzene rings is 3. The summed E-state index contributed by atoms with van der Waals surface area (Å²) < 4.78 is 32.8. The fourth-order valence-electron chi connectivity index (χ4n) is 3.02. The Labute approximate surface area is 191 Å². The fraction of sp³-hybridized carbons (Fsp3) is 0.0833. The maximum absolute atomic E-state index is 13.4. The summed E-state index contributed by atoms with van der Waals surface area (Å²) in [6.45, 7) is 1.87. The SMILES string of the molecule is COc1ccc(C=C2SC(=Nc3ccccc3)N(S(=O)(=O)c3ccc(C)cc3)C2=O)cc1. The van der Waals surface area contributed by atoms with Crippen LogP contribution in [0, 0.1) is 6.92 Å². The number of para-hydroxylation sites is 1. The Hall–Kier alpha value is -3.36. The molecule has 0 aromatic heterocycles. The van der Waals surface area contributed by atoms with E-state index in [0.717, 1.165) is 27.2 Å². The second kappa shape index (κ2) is 9.02. The Bertz CT molecular complexity index is 1300. The number of aliphatic imine (C=N–C) groups is 1. The Morgan fingerprint density at radius 3 is 2.22 bits per heavy atom. The molecule has 32 heavy (non-hydrogen) atoms. The predicted octanol–water partition coefficient (Wildman–Crippen LogP) is 5.00. The highest BCUT2D eigenvalue weighted by molar-refractivity contribution is 8.20. The third-order valence-corrected chi connectivity index (χ3v) is 7.50. The lowest BCUT2D eigenvalue weighted by Gasteiger charge is -2.16. The summed E-state index contributed by atoms with van der Waals surface area (Å²) in [5.74, 6) is 0.0496. The molecule has 0 spiro atoms. The van der Waals surface area contributed by atoms with Crippen molar-refractivity contribution in [1.29, 1.82) is 0 Å². The minimum Gasteiger partial charge on any atom is -0.497 e. The molecule has 162 valence electrons. The number of nitrogens with zero attached hydrogens (tertiary/aromatic N) is 2. The van der Waals surface area contributed by atoms with Gasteiger partial charge in [0.25, 0.3) is 15.9 Å². The zero-order valence-electron chi connectivity index (χ0n) is 17.4. The van der Waals surface area contributed by atoms with Gasteiger partial charge in [-0.1, -0.05) is 48.0 Å². The molecule has 3 aromatic rings. The summed E-state index contributed by atoms with van der Waals surface area (Å²) in [6, 6.07) is 22.5. The second-order valence-electron chi connectivity index (χ2n) is 7.00. The first-order valence-corrected chi connectivity index (χ1v) is 12.0. The van der Waals surface area contributed by atoms with Gasteiger partial charge in [-0.15, -0.1) is 0 Å². The molecule has 0 aliphatic carbocycles. The maximum Gasteiger partial charge on any atom is 0.280 e. The first kappa shape index (κ1) is 21.9. The molecule has 1 aliphatic rings. The van der Waals surface area contributed by atoms with E-state index in [0.29, 0.717) is 11.4 Å². The van der Waals surface area contributed by atoms with Crippen molar-refractivity contribution in [3.05, 3.63) is 94.9 Å². The van der Waals surface area contributed by atoms with Crippen molar-refractivity contribution in [3.63, 3.8) is 0 Å². The molecule has 1 heterocycles. The summed E-state index contributed by atoms with van der Waals surface area (Å²) in [4.78, 5) is 18.0. The molecule has 1 amide bonds. The van der Waals surface area contributed by atoms with Gasteiger partial charge < -0.3 is 4.74 Å². The van der Waals surface area contributed by atoms with Gasteiger partial charge in [-0.25, -0.2) is 13.4 Å². The van der Waals surface area contributed by atoms with Crippen molar-refractivity contribution in [2.45, 2.75) is 11.8 Å². The van der Waals surface area contributed by atoms with Gasteiger partial charge in [0.05, 0.1) is 22.6 Å². The van der Waals surface area contributed by atoms with E-state index in [1.54, 1.807) is 73.8 Å². The van der Waals surface area contributed by atoms with Gasteiger partial charge in [-0.2, -0.15) is 4.31 Å². The smallest absolute Gasteiger partial charge is 0.280 e. The van der Waals surface area contributed by atoms with E-state index in [1.165, 1.54) is 12.1 Å². The third-order valence-electron chi connectivity index (χ3n) is 4.72. The van der Waals surface area contributed by atoms with Crippen molar-refractivity contribution < 1.29 is 17.9 Å². The van der Waals surface area contributed by atoms with Crippen LogP contribution in [-0.2, 0) is 14.8 Å². The Morgan fingerprint density at radius 2 is 1.59 bits per heavy atom. The van der Waals surface area contributed by atoms with Gasteiger partial charge in [0.1, 0.15) is 5.75 Å². The lowest BCUT2D eigenvalue weighted by Crippen LogP contribution is -2.35. The van der Waals surface area contributed by atoms with Crippen LogP contribution in [0.4, 0.5) is 5.69 Å². The number of ether oxygens (including phenoxy) is 1.